The summed E-state index contributed by atoms with van der Waals surface area (Å²) in [5.41, 5.74) is 1.25. The molecule has 1 amide bonds. The van der Waals surface area contributed by atoms with E-state index in [-0.39, 0.29) is 18.0 Å². The third-order valence-corrected chi connectivity index (χ3v) is 5.11. The maximum atomic E-state index is 12.9. The molecule has 0 saturated carbocycles. The molecule has 3 aromatic rings. The minimum atomic E-state index is -0.411. The highest BCUT2D eigenvalue weighted by Crippen LogP contribution is 2.40. The number of methoxy groups -OCH3 is 3. The van der Waals surface area contributed by atoms with Gasteiger partial charge in [-0.25, -0.2) is 0 Å². The number of nitrogens with one attached hydrogen (secondary N) is 1. The van der Waals surface area contributed by atoms with Crippen molar-refractivity contribution >= 4 is 33.3 Å². The number of benzene rings is 3. The van der Waals surface area contributed by atoms with E-state index in [2.05, 4.69) is 21.2 Å². The minimum absolute atomic E-state index is 0.197. The van der Waals surface area contributed by atoms with Gasteiger partial charge >= 0.3 is 0 Å². The van der Waals surface area contributed by atoms with E-state index in [1.54, 1.807) is 60.7 Å². The standard InChI is InChI=1S/C24H22BrNO6/c1-29-21-12-17(13-22(30-2)23(21)31-3)26-24(28)18-6-4-5-7-20(18)32-14-19(27)15-8-10-16(25)11-9-15/h4-13H,14H2,1-3H3,(H,26,28). The van der Waals surface area contributed by atoms with Gasteiger partial charge in [0.05, 0.1) is 26.9 Å². The summed E-state index contributed by atoms with van der Waals surface area (Å²) in [6.45, 7) is -0.198. The number of halogens is 1. The molecule has 0 aliphatic rings. The molecule has 0 aromatic heterocycles. The molecule has 0 aliphatic heterocycles. The molecular formula is C24H22BrNO6. The van der Waals surface area contributed by atoms with Crippen molar-refractivity contribution in [1.29, 1.82) is 0 Å². The number of anilines is 1. The molecular weight excluding hydrogens is 478 g/mol. The van der Waals surface area contributed by atoms with Gasteiger partial charge in [-0.15, -0.1) is 0 Å². The van der Waals surface area contributed by atoms with Crippen molar-refractivity contribution in [2.45, 2.75) is 0 Å². The fourth-order valence-corrected chi connectivity index (χ4v) is 3.26. The lowest BCUT2D eigenvalue weighted by molar-refractivity contribution is 0.0914. The molecule has 0 spiro atoms. The Morgan fingerprint density at radius 1 is 0.844 bits per heavy atom. The first-order valence-electron chi connectivity index (χ1n) is 9.58. The van der Waals surface area contributed by atoms with Crippen LogP contribution in [0.1, 0.15) is 20.7 Å². The summed E-state index contributed by atoms with van der Waals surface area (Å²) in [5.74, 6) is 0.924. The third-order valence-electron chi connectivity index (χ3n) is 4.58. The van der Waals surface area contributed by atoms with Crippen molar-refractivity contribution in [3.8, 4) is 23.0 Å². The Kier molecular flexibility index (Phi) is 7.72. The Morgan fingerprint density at radius 2 is 1.47 bits per heavy atom. The van der Waals surface area contributed by atoms with Crippen LogP contribution in [0.2, 0.25) is 0 Å². The third kappa shape index (κ3) is 5.39. The number of amides is 1. The first kappa shape index (κ1) is 23.1. The van der Waals surface area contributed by atoms with Gasteiger partial charge in [-0.2, -0.15) is 0 Å². The van der Waals surface area contributed by atoms with Crippen LogP contribution in [0.4, 0.5) is 5.69 Å². The zero-order valence-corrected chi connectivity index (χ0v) is 19.4. The normalized spacial score (nSPS) is 10.2. The van der Waals surface area contributed by atoms with Gasteiger partial charge in [0.25, 0.3) is 5.91 Å². The van der Waals surface area contributed by atoms with E-state index >= 15 is 0 Å². The lowest BCUT2D eigenvalue weighted by atomic mass is 10.1. The number of ketones is 1. The molecule has 0 atom stereocenters. The second kappa shape index (κ2) is 10.7. The van der Waals surface area contributed by atoms with Crippen LogP contribution in [0.5, 0.6) is 23.0 Å². The number of rotatable bonds is 9. The number of hydrogen-bond acceptors (Lipinski definition) is 6. The van der Waals surface area contributed by atoms with Gasteiger partial charge < -0.3 is 24.3 Å². The fraction of sp³-hybridized carbons (Fsp3) is 0.167. The predicted octanol–water partition coefficient (Wildman–Crippen LogP) is 4.99. The van der Waals surface area contributed by atoms with Crippen molar-refractivity contribution in [2.75, 3.05) is 33.3 Å². The fourth-order valence-electron chi connectivity index (χ4n) is 2.99. The molecule has 0 radical (unpaired) electrons. The average Bonchev–Trinajstić information content (AvgIpc) is 2.82. The maximum absolute atomic E-state index is 12.9. The van der Waals surface area contributed by atoms with Gasteiger partial charge in [0.2, 0.25) is 5.75 Å². The van der Waals surface area contributed by atoms with E-state index in [0.717, 1.165) is 4.47 Å². The van der Waals surface area contributed by atoms with Gasteiger partial charge in [-0.1, -0.05) is 40.2 Å². The summed E-state index contributed by atoms with van der Waals surface area (Å²) in [5, 5.41) is 2.80. The van der Waals surface area contributed by atoms with E-state index in [9.17, 15) is 9.59 Å². The van der Waals surface area contributed by atoms with Gasteiger partial charge in [0.15, 0.2) is 23.9 Å². The highest BCUT2D eigenvalue weighted by atomic mass is 79.9. The molecule has 32 heavy (non-hydrogen) atoms. The Labute approximate surface area is 194 Å². The molecule has 166 valence electrons. The zero-order valence-electron chi connectivity index (χ0n) is 17.8. The predicted molar refractivity (Wildman–Crippen MR) is 124 cm³/mol. The first-order chi connectivity index (χ1) is 15.5. The van der Waals surface area contributed by atoms with E-state index in [4.69, 9.17) is 18.9 Å². The molecule has 7 nitrogen and oxygen atoms in total. The van der Waals surface area contributed by atoms with Crippen LogP contribution in [-0.4, -0.2) is 39.6 Å². The van der Waals surface area contributed by atoms with Gasteiger partial charge in [0, 0.05) is 27.9 Å². The summed E-state index contributed by atoms with van der Waals surface area (Å²) in [7, 11) is 4.49. The van der Waals surface area contributed by atoms with Gasteiger partial charge in [-0.3, -0.25) is 9.59 Å². The highest BCUT2D eigenvalue weighted by Gasteiger charge is 2.18. The van der Waals surface area contributed by atoms with Crippen LogP contribution in [0.15, 0.2) is 65.1 Å². The van der Waals surface area contributed by atoms with Crippen molar-refractivity contribution < 1.29 is 28.5 Å². The smallest absolute Gasteiger partial charge is 0.259 e. The van der Waals surface area contributed by atoms with E-state index in [1.807, 2.05) is 0 Å². The second-order valence-corrected chi connectivity index (χ2v) is 7.50. The number of hydrogen-bond donors (Lipinski definition) is 1. The monoisotopic (exact) mass is 499 g/mol. The number of ether oxygens (including phenoxy) is 4. The molecule has 0 saturated heterocycles. The van der Waals surface area contributed by atoms with Crippen molar-refractivity contribution in [3.63, 3.8) is 0 Å². The average molecular weight is 500 g/mol. The molecule has 1 N–H and O–H groups in total. The number of para-hydroxylation sites is 1. The van der Waals surface area contributed by atoms with Crippen LogP contribution in [0.25, 0.3) is 0 Å². The molecule has 0 fully saturated rings. The summed E-state index contributed by atoms with van der Waals surface area (Å²) in [6.07, 6.45) is 0. The Morgan fingerprint density at radius 3 is 2.06 bits per heavy atom. The summed E-state index contributed by atoms with van der Waals surface area (Å²) < 4.78 is 22.5. The second-order valence-electron chi connectivity index (χ2n) is 6.58. The molecule has 0 heterocycles. The Bertz CT molecular complexity index is 1090. The summed E-state index contributed by atoms with van der Waals surface area (Å²) >= 11 is 3.34. The van der Waals surface area contributed by atoms with Crippen LogP contribution < -0.4 is 24.3 Å². The lowest BCUT2D eigenvalue weighted by Crippen LogP contribution is -2.16. The lowest BCUT2D eigenvalue weighted by Gasteiger charge is -2.15. The number of carbonyl (C=O) groups excluding carboxylic acids is 2. The number of carbonyl (C=O) groups is 2. The Hall–Kier alpha value is -3.52. The summed E-state index contributed by atoms with van der Waals surface area (Å²) in [4.78, 5) is 25.4. The van der Waals surface area contributed by atoms with Gasteiger partial charge in [-0.05, 0) is 24.3 Å². The maximum Gasteiger partial charge on any atom is 0.259 e. The van der Waals surface area contributed by atoms with Gasteiger partial charge in [0.1, 0.15) is 5.75 Å². The molecule has 0 unspecified atom stereocenters. The zero-order chi connectivity index (χ0) is 23.1. The highest BCUT2D eigenvalue weighted by molar-refractivity contribution is 9.10. The van der Waals surface area contributed by atoms with Crippen LogP contribution in [0, 0.1) is 0 Å². The quantitative estimate of drug-likeness (QED) is 0.417. The summed E-state index contributed by atoms with van der Waals surface area (Å²) in [6, 6.07) is 16.9. The Balaban J connectivity index is 1.77. The van der Waals surface area contributed by atoms with E-state index in [1.165, 1.54) is 21.3 Å². The topological polar surface area (TPSA) is 83.1 Å². The first-order valence-corrected chi connectivity index (χ1v) is 10.4. The van der Waals surface area contributed by atoms with Crippen LogP contribution in [0.3, 0.4) is 0 Å². The van der Waals surface area contributed by atoms with Crippen molar-refractivity contribution in [3.05, 3.63) is 76.3 Å². The van der Waals surface area contributed by atoms with Crippen molar-refractivity contribution in [1.82, 2.24) is 0 Å². The van der Waals surface area contributed by atoms with Crippen molar-refractivity contribution in [2.24, 2.45) is 0 Å². The molecule has 0 bridgehead atoms. The number of Topliss-reactive ketones (excluding diaryl/α,β-unsaturated/α-hetero) is 1. The molecule has 3 aromatic carbocycles. The van der Waals surface area contributed by atoms with E-state index in [0.29, 0.717) is 34.2 Å². The molecule has 0 aliphatic carbocycles. The van der Waals surface area contributed by atoms with Crippen LogP contribution >= 0.6 is 15.9 Å². The van der Waals surface area contributed by atoms with E-state index < -0.39 is 5.91 Å². The molecule has 8 heteroatoms. The minimum Gasteiger partial charge on any atom is -0.493 e. The van der Waals surface area contributed by atoms with Crippen LogP contribution in [-0.2, 0) is 0 Å². The SMILES string of the molecule is COc1cc(NC(=O)c2ccccc2OCC(=O)c2ccc(Br)cc2)cc(OC)c1OC. The molecule has 3 rings (SSSR count). The largest absolute Gasteiger partial charge is 0.493 e.